The van der Waals surface area contributed by atoms with Crippen molar-refractivity contribution < 1.29 is 14.0 Å². The van der Waals surface area contributed by atoms with Gasteiger partial charge in [0.1, 0.15) is 0 Å². The Hall–Kier alpha value is -0.680. The minimum Gasteiger partial charge on any atom is -0.324 e. The van der Waals surface area contributed by atoms with Gasteiger partial charge in [0.2, 0.25) is 0 Å². The van der Waals surface area contributed by atoms with Gasteiger partial charge in [-0.2, -0.15) is 5.10 Å². The van der Waals surface area contributed by atoms with Gasteiger partial charge in [-0.1, -0.05) is 0 Å². The molecule has 0 aliphatic rings. The molecule has 0 saturated heterocycles. The topological polar surface area (TPSA) is 76.4 Å². The van der Waals surface area contributed by atoms with Crippen molar-refractivity contribution in [2.24, 2.45) is 0 Å². The predicted molar refractivity (Wildman–Crippen MR) is 70.9 cm³/mol. The largest absolute Gasteiger partial charge is 0.329 e. The van der Waals surface area contributed by atoms with E-state index in [-0.39, 0.29) is 12.8 Å². The molecule has 1 aromatic heterocycles. The lowest BCUT2D eigenvalue weighted by atomic mass is 10.4. The van der Waals surface area contributed by atoms with Crippen LogP contribution in [0.2, 0.25) is 0 Å². The first kappa shape index (κ1) is 15.4. The van der Waals surface area contributed by atoms with Crippen molar-refractivity contribution in [3.8, 4) is 0 Å². The smallest absolute Gasteiger partial charge is 0.324 e. The third-order valence-corrected chi connectivity index (χ3v) is 3.96. The second-order valence-electron chi connectivity index (χ2n) is 4.18. The Labute approximate surface area is 108 Å². The molecule has 0 aliphatic carbocycles. The lowest BCUT2D eigenvalue weighted by molar-refractivity contribution is 0.273. The van der Waals surface area contributed by atoms with Gasteiger partial charge in [-0.25, -0.2) is 0 Å². The Morgan fingerprint density at radius 3 is 2.78 bits per heavy atom. The molecule has 18 heavy (non-hydrogen) atoms. The van der Waals surface area contributed by atoms with Gasteiger partial charge >= 0.3 is 7.60 Å². The summed E-state index contributed by atoms with van der Waals surface area (Å²) in [6.45, 7) is 7.88. The zero-order chi connectivity index (χ0) is 13.6. The quantitative estimate of drug-likeness (QED) is 0.552. The number of aryl methyl sites for hydroxylation is 2. The molecule has 6 nitrogen and oxygen atoms in total. The van der Waals surface area contributed by atoms with Crippen LogP contribution in [0.3, 0.4) is 0 Å². The highest BCUT2D eigenvalue weighted by molar-refractivity contribution is 7.52. The number of hydrogen-bond acceptors (Lipinski definition) is 4. The van der Waals surface area contributed by atoms with E-state index >= 15 is 0 Å². The van der Waals surface area contributed by atoms with Gasteiger partial charge in [0.25, 0.3) is 0 Å². The fourth-order valence-electron chi connectivity index (χ4n) is 1.70. The van der Waals surface area contributed by atoms with Crippen LogP contribution in [0.15, 0.2) is 6.07 Å². The maximum Gasteiger partial charge on any atom is 0.329 e. The molecule has 1 heterocycles. The molecule has 1 aromatic rings. The van der Waals surface area contributed by atoms with E-state index in [1.807, 2.05) is 24.6 Å². The van der Waals surface area contributed by atoms with E-state index in [0.717, 1.165) is 17.9 Å². The van der Waals surface area contributed by atoms with Gasteiger partial charge in [0.05, 0.1) is 25.0 Å². The summed E-state index contributed by atoms with van der Waals surface area (Å²) in [5.41, 5.74) is 2.13. The molecule has 2 N–H and O–H groups in total. The van der Waals surface area contributed by atoms with Crippen molar-refractivity contribution in [2.45, 2.75) is 27.3 Å². The molecule has 1 atom stereocenters. The second-order valence-corrected chi connectivity index (χ2v) is 6.16. The summed E-state index contributed by atoms with van der Waals surface area (Å²) in [5, 5.41) is 7.45. The third-order valence-electron chi connectivity index (χ3n) is 2.51. The first-order chi connectivity index (χ1) is 8.44. The second kappa shape index (κ2) is 7.04. The summed E-state index contributed by atoms with van der Waals surface area (Å²) in [6, 6.07) is 2.02. The van der Waals surface area contributed by atoms with Crippen LogP contribution in [0.4, 0.5) is 0 Å². The molecule has 0 fully saturated rings. The molecular weight excluding hydrogens is 253 g/mol. The molecule has 0 aromatic carbocycles. The van der Waals surface area contributed by atoms with Gasteiger partial charge in [-0.15, -0.1) is 0 Å². The van der Waals surface area contributed by atoms with Crippen LogP contribution in [0.5, 0.6) is 0 Å². The zero-order valence-electron chi connectivity index (χ0n) is 11.2. The number of hydrogen-bond donors (Lipinski definition) is 2. The monoisotopic (exact) mass is 275 g/mol. The minimum atomic E-state index is -3.40. The van der Waals surface area contributed by atoms with E-state index in [0.29, 0.717) is 13.1 Å². The first-order valence-corrected chi connectivity index (χ1v) is 7.89. The van der Waals surface area contributed by atoms with E-state index in [1.165, 1.54) is 0 Å². The molecular formula is C11H22N3O3P. The lowest BCUT2D eigenvalue weighted by Gasteiger charge is -2.11. The highest BCUT2D eigenvalue weighted by Crippen LogP contribution is 2.40. The standard InChI is InChI=1S/C11H22N3O3P/c1-4-17-18(15,16)8-6-12-5-7-14-11(3)9-10(2)13-14/h9,12H,4-8H2,1-3H3,(H,15,16). The van der Waals surface area contributed by atoms with Gasteiger partial charge < -0.3 is 14.7 Å². The van der Waals surface area contributed by atoms with Gasteiger partial charge in [0, 0.05) is 18.8 Å². The summed E-state index contributed by atoms with van der Waals surface area (Å²) in [7, 11) is -3.40. The van der Waals surface area contributed by atoms with Gasteiger partial charge in [0.15, 0.2) is 0 Å². The average molecular weight is 275 g/mol. The number of nitrogens with one attached hydrogen (secondary N) is 1. The summed E-state index contributed by atoms with van der Waals surface area (Å²) in [4.78, 5) is 9.35. The molecule has 104 valence electrons. The van der Waals surface area contributed by atoms with Crippen molar-refractivity contribution >= 4 is 7.60 Å². The molecule has 0 spiro atoms. The third kappa shape index (κ3) is 5.31. The van der Waals surface area contributed by atoms with E-state index in [9.17, 15) is 9.46 Å². The minimum absolute atomic E-state index is 0.137. The molecule has 1 rings (SSSR count). The van der Waals surface area contributed by atoms with Crippen molar-refractivity contribution in [3.63, 3.8) is 0 Å². The van der Waals surface area contributed by atoms with Crippen molar-refractivity contribution in [2.75, 3.05) is 25.9 Å². The average Bonchev–Trinajstić information content (AvgIpc) is 2.56. The Balaban J connectivity index is 2.20. The fraction of sp³-hybridized carbons (Fsp3) is 0.727. The Morgan fingerprint density at radius 1 is 1.50 bits per heavy atom. The van der Waals surface area contributed by atoms with Crippen molar-refractivity contribution in [3.05, 3.63) is 17.5 Å². The molecule has 0 saturated carbocycles. The number of aromatic nitrogens is 2. The number of rotatable bonds is 8. The van der Waals surface area contributed by atoms with Gasteiger partial charge in [-0.3, -0.25) is 9.25 Å². The summed E-state index contributed by atoms with van der Waals surface area (Å²) in [5.74, 6) is 0. The van der Waals surface area contributed by atoms with Crippen LogP contribution in [0, 0.1) is 13.8 Å². The Kier molecular flexibility index (Phi) is 6.02. The lowest BCUT2D eigenvalue weighted by Crippen LogP contribution is -2.24. The summed E-state index contributed by atoms with van der Waals surface area (Å²) < 4.78 is 18.1. The van der Waals surface area contributed by atoms with Crippen LogP contribution in [-0.4, -0.2) is 40.5 Å². The molecule has 0 bridgehead atoms. The molecule has 7 heteroatoms. The maximum atomic E-state index is 11.4. The van der Waals surface area contributed by atoms with Crippen LogP contribution >= 0.6 is 7.60 Å². The van der Waals surface area contributed by atoms with Crippen LogP contribution in [0.25, 0.3) is 0 Å². The Bertz CT molecular complexity index is 420. The summed E-state index contributed by atoms with van der Waals surface area (Å²) in [6.07, 6.45) is 0.137. The van der Waals surface area contributed by atoms with Crippen LogP contribution in [0.1, 0.15) is 18.3 Å². The highest BCUT2D eigenvalue weighted by Gasteiger charge is 2.16. The van der Waals surface area contributed by atoms with E-state index in [1.54, 1.807) is 6.92 Å². The van der Waals surface area contributed by atoms with Gasteiger partial charge in [-0.05, 0) is 26.8 Å². The molecule has 0 aliphatic heterocycles. The first-order valence-electron chi connectivity index (χ1n) is 6.13. The predicted octanol–water partition coefficient (Wildman–Crippen LogP) is 1.31. The normalized spacial score (nSPS) is 14.7. The highest BCUT2D eigenvalue weighted by atomic mass is 31.2. The SMILES string of the molecule is CCOP(=O)(O)CCNCCn1nc(C)cc1C. The molecule has 0 radical (unpaired) electrons. The molecule has 0 amide bonds. The van der Waals surface area contributed by atoms with Crippen molar-refractivity contribution in [1.29, 1.82) is 0 Å². The van der Waals surface area contributed by atoms with E-state index in [4.69, 9.17) is 4.52 Å². The Morgan fingerprint density at radius 2 is 2.22 bits per heavy atom. The van der Waals surface area contributed by atoms with E-state index < -0.39 is 7.60 Å². The zero-order valence-corrected chi connectivity index (χ0v) is 12.1. The number of nitrogens with zero attached hydrogens (tertiary/aromatic N) is 2. The fourth-order valence-corrected chi connectivity index (χ4v) is 2.67. The molecule has 1 unspecified atom stereocenters. The van der Waals surface area contributed by atoms with Crippen molar-refractivity contribution in [1.82, 2.24) is 15.1 Å². The van der Waals surface area contributed by atoms with Crippen LogP contribution < -0.4 is 5.32 Å². The maximum absolute atomic E-state index is 11.4. The van der Waals surface area contributed by atoms with E-state index in [2.05, 4.69) is 10.4 Å². The van der Waals surface area contributed by atoms with Crippen LogP contribution in [-0.2, 0) is 15.6 Å². The summed E-state index contributed by atoms with van der Waals surface area (Å²) >= 11 is 0.